The van der Waals surface area contributed by atoms with Gasteiger partial charge in [-0.2, -0.15) is 5.26 Å². The molecular formula is C9H7NO4. The van der Waals surface area contributed by atoms with E-state index in [0.717, 1.165) is 0 Å². The van der Waals surface area contributed by atoms with E-state index in [1.165, 1.54) is 18.2 Å². The molecule has 0 saturated heterocycles. The molecule has 1 rings (SSSR count). The van der Waals surface area contributed by atoms with Crippen molar-refractivity contribution in [3.63, 3.8) is 0 Å². The summed E-state index contributed by atoms with van der Waals surface area (Å²) in [6.45, 7) is 0. The molecular weight excluding hydrogens is 186 g/mol. The highest BCUT2D eigenvalue weighted by molar-refractivity contribution is 5.75. The minimum atomic E-state index is -1.79. The summed E-state index contributed by atoms with van der Waals surface area (Å²) < 4.78 is 0. The van der Waals surface area contributed by atoms with Gasteiger partial charge in [0, 0.05) is 5.56 Å². The van der Waals surface area contributed by atoms with Crippen LogP contribution >= 0.6 is 0 Å². The first kappa shape index (κ1) is 10.0. The van der Waals surface area contributed by atoms with E-state index in [1.807, 2.05) is 0 Å². The van der Waals surface area contributed by atoms with E-state index < -0.39 is 12.1 Å². The maximum absolute atomic E-state index is 10.4. The van der Waals surface area contributed by atoms with Crippen molar-refractivity contribution in [3.05, 3.63) is 29.3 Å². The highest BCUT2D eigenvalue weighted by Crippen LogP contribution is 2.25. The zero-order chi connectivity index (χ0) is 10.7. The summed E-state index contributed by atoms with van der Waals surface area (Å²) >= 11 is 0. The molecule has 3 N–H and O–H groups in total. The van der Waals surface area contributed by atoms with E-state index in [4.69, 9.17) is 10.4 Å². The second-order valence-electron chi connectivity index (χ2n) is 2.59. The van der Waals surface area contributed by atoms with E-state index in [0.29, 0.717) is 0 Å². The molecule has 0 bridgehead atoms. The average molecular weight is 193 g/mol. The Morgan fingerprint density at radius 1 is 1.50 bits per heavy atom. The Morgan fingerprint density at radius 3 is 2.64 bits per heavy atom. The lowest BCUT2D eigenvalue weighted by molar-refractivity contribution is -0.146. The molecule has 0 radical (unpaired) electrons. The smallest absolute Gasteiger partial charge is 0.337 e. The van der Waals surface area contributed by atoms with Crippen molar-refractivity contribution in [2.45, 2.75) is 6.10 Å². The van der Waals surface area contributed by atoms with Crippen LogP contribution in [0.5, 0.6) is 5.75 Å². The number of carboxylic acid groups (broad SMARTS) is 1. The number of rotatable bonds is 2. The summed E-state index contributed by atoms with van der Waals surface area (Å²) in [4.78, 5) is 10.4. The van der Waals surface area contributed by atoms with Crippen molar-refractivity contribution in [1.82, 2.24) is 0 Å². The summed E-state index contributed by atoms with van der Waals surface area (Å²) in [5.74, 6) is -1.81. The average Bonchev–Trinajstić information content (AvgIpc) is 2.16. The first-order valence-electron chi connectivity index (χ1n) is 3.70. The molecule has 1 aromatic rings. The monoisotopic (exact) mass is 193 g/mol. The van der Waals surface area contributed by atoms with Crippen LogP contribution in [0.3, 0.4) is 0 Å². The van der Waals surface area contributed by atoms with Gasteiger partial charge in [0.15, 0.2) is 6.10 Å². The van der Waals surface area contributed by atoms with Crippen molar-refractivity contribution in [1.29, 1.82) is 5.26 Å². The fourth-order valence-corrected chi connectivity index (χ4v) is 1.04. The number of hydrogen-bond acceptors (Lipinski definition) is 4. The lowest BCUT2D eigenvalue weighted by Gasteiger charge is -2.08. The number of aliphatic hydroxyl groups excluding tert-OH is 1. The van der Waals surface area contributed by atoms with Crippen LogP contribution in [0.25, 0.3) is 0 Å². The van der Waals surface area contributed by atoms with Crippen molar-refractivity contribution in [3.8, 4) is 11.8 Å². The Labute approximate surface area is 79.5 Å². The van der Waals surface area contributed by atoms with Crippen LogP contribution < -0.4 is 0 Å². The first-order chi connectivity index (χ1) is 6.57. The van der Waals surface area contributed by atoms with Crippen molar-refractivity contribution >= 4 is 5.97 Å². The van der Waals surface area contributed by atoms with E-state index in [9.17, 15) is 15.0 Å². The van der Waals surface area contributed by atoms with E-state index >= 15 is 0 Å². The third-order valence-corrected chi connectivity index (χ3v) is 1.71. The van der Waals surface area contributed by atoms with Gasteiger partial charge in [0.1, 0.15) is 17.4 Å². The number of aliphatic carboxylic acids is 1. The van der Waals surface area contributed by atoms with E-state index in [2.05, 4.69) is 0 Å². The van der Waals surface area contributed by atoms with Gasteiger partial charge in [-0.05, 0) is 6.07 Å². The molecule has 0 aliphatic heterocycles. The summed E-state index contributed by atoms with van der Waals surface area (Å²) in [6.07, 6.45) is -1.79. The largest absolute Gasteiger partial charge is 0.507 e. The number of carboxylic acids is 1. The molecule has 14 heavy (non-hydrogen) atoms. The number of aliphatic hydroxyl groups is 1. The first-order valence-corrected chi connectivity index (χ1v) is 3.70. The summed E-state index contributed by atoms with van der Waals surface area (Å²) in [7, 11) is 0. The van der Waals surface area contributed by atoms with Crippen LogP contribution in [0.15, 0.2) is 18.2 Å². The highest BCUT2D eigenvalue weighted by atomic mass is 16.4. The van der Waals surface area contributed by atoms with Gasteiger partial charge in [-0.15, -0.1) is 0 Å². The fraction of sp³-hybridized carbons (Fsp3) is 0.111. The van der Waals surface area contributed by atoms with Gasteiger partial charge >= 0.3 is 5.97 Å². The second kappa shape index (κ2) is 3.77. The summed E-state index contributed by atoms with van der Waals surface area (Å²) in [6, 6.07) is 5.51. The topological polar surface area (TPSA) is 102 Å². The molecule has 0 fully saturated rings. The summed E-state index contributed by atoms with van der Waals surface area (Å²) in [5.41, 5.74) is -0.331. The minimum absolute atomic E-state index is 0.111. The fourth-order valence-electron chi connectivity index (χ4n) is 1.04. The molecule has 0 spiro atoms. The van der Waals surface area contributed by atoms with Gasteiger partial charge in [0.25, 0.3) is 0 Å². The molecule has 1 atom stereocenters. The van der Waals surface area contributed by atoms with Crippen LogP contribution in [0, 0.1) is 11.3 Å². The Morgan fingerprint density at radius 2 is 2.14 bits per heavy atom. The Balaban J connectivity index is 3.29. The van der Waals surface area contributed by atoms with Crippen LogP contribution in [-0.2, 0) is 4.79 Å². The predicted octanol–water partition coefficient (Wildman–Crippen LogP) is 0.382. The molecule has 0 heterocycles. The lowest BCUT2D eigenvalue weighted by Crippen LogP contribution is -2.11. The molecule has 1 unspecified atom stereocenters. The third-order valence-electron chi connectivity index (χ3n) is 1.71. The standard InChI is InChI=1S/C9H7NO4/c10-4-6-5(8(12)9(13)14)2-1-3-7(6)11/h1-3,8,11-12H,(H,13,14). The van der Waals surface area contributed by atoms with Gasteiger partial charge in [-0.1, -0.05) is 12.1 Å². The minimum Gasteiger partial charge on any atom is -0.507 e. The van der Waals surface area contributed by atoms with Crippen LogP contribution in [0.2, 0.25) is 0 Å². The normalized spacial score (nSPS) is 11.7. The van der Waals surface area contributed by atoms with Crippen molar-refractivity contribution < 1.29 is 20.1 Å². The van der Waals surface area contributed by atoms with Gasteiger partial charge in [0.05, 0.1) is 0 Å². The number of benzene rings is 1. The lowest BCUT2D eigenvalue weighted by atomic mass is 10.0. The molecule has 0 aliphatic carbocycles. The number of aromatic hydroxyl groups is 1. The van der Waals surface area contributed by atoms with Gasteiger partial charge in [-0.3, -0.25) is 0 Å². The molecule has 72 valence electrons. The number of phenolic OH excluding ortho intramolecular Hbond substituents is 1. The van der Waals surface area contributed by atoms with Crippen LogP contribution in [0.4, 0.5) is 0 Å². The number of nitriles is 1. The Bertz CT molecular complexity index is 408. The Hall–Kier alpha value is -2.06. The van der Waals surface area contributed by atoms with Crippen LogP contribution in [0.1, 0.15) is 17.2 Å². The highest BCUT2D eigenvalue weighted by Gasteiger charge is 2.21. The van der Waals surface area contributed by atoms with Crippen LogP contribution in [-0.4, -0.2) is 21.3 Å². The molecule has 0 saturated carbocycles. The molecule has 0 aromatic heterocycles. The number of phenols is 1. The number of nitrogens with zero attached hydrogens (tertiary/aromatic N) is 1. The summed E-state index contributed by atoms with van der Waals surface area (Å²) in [5, 5.41) is 35.5. The maximum atomic E-state index is 10.4. The Kier molecular flexibility index (Phi) is 2.70. The molecule has 0 amide bonds. The molecule has 0 aliphatic rings. The molecule has 1 aromatic carbocycles. The predicted molar refractivity (Wildman–Crippen MR) is 45.4 cm³/mol. The zero-order valence-corrected chi connectivity index (χ0v) is 7.01. The third kappa shape index (κ3) is 1.65. The van der Waals surface area contributed by atoms with Gasteiger partial charge in [-0.25, -0.2) is 4.79 Å². The SMILES string of the molecule is N#Cc1c(O)cccc1C(O)C(=O)O. The van der Waals surface area contributed by atoms with E-state index in [-0.39, 0.29) is 16.9 Å². The van der Waals surface area contributed by atoms with Gasteiger partial charge in [0.2, 0.25) is 0 Å². The quantitative estimate of drug-likeness (QED) is 0.630. The van der Waals surface area contributed by atoms with Crippen molar-refractivity contribution in [2.75, 3.05) is 0 Å². The number of hydrogen-bond donors (Lipinski definition) is 3. The van der Waals surface area contributed by atoms with E-state index in [1.54, 1.807) is 6.07 Å². The molecule has 5 nitrogen and oxygen atoms in total. The maximum Gasteiger partial charge on any atom is 0.337 e. The van der Waals surface area contributed by atoms with Crippen molar-refractivity contribution in [2.24, 2.45) is 0 Å². The van der Waals surface area contributed by atoms with Gasteiger partial charge < -0.3 is 15.3 Å². The number of carbonyl (C=O) groups is 1. The zero-order valence-electron chi connectivity index (χ0n) is 7.01. The molecule has 5 heteroatoms. The second-order valence-corrected chi connectivity index (χ2v) is 2.59.